The van der Waals surface area contributed by atoms with Gasteiger partial charge in [-0.25, -0.2) is 0 Å². The summed E-state index contributed by atoms with van der Waals surface area (Å²) in [5.74, 6) is 5.80. The molecular weight excluding hydrogens is 1120 g/mol. The fourth-order valence-electron chi connectivity index (χ4n) is 14.1. The number of rotatable bonds is 18. The van der Waals surface area contributed by atoms with Crippen LogP contribution >= 0.6 is 0 Å². The van der Waals surface area contributed by atoms with E-state index in [1.165, 1.54) is 22.3 Å². The summed E-state index contributed by atoms with van der Waals surface area (Å²) >= 11 is 0. The zero-order chi connectivity index (χ0) is 60.1. The Kier molecular flexibility index (Phi) is 14.0. The molecule has 16 rings (SSSR count). The van der Waals surface area contributed by atoms with Gasteiger partial charge in [0.1, 0.15) is 85.6 Å². The molecule has 0 aromatic heterocycles. The first-order chi connectivity index (χ1) is 44.6. The van der Waals surface area contributed by atoms with Gasteiger partial charge in [0.2, 0.25) is 0 Å². The number of benzene rings is 14. The summed E-state index contributed by atoms with van der Waals surface area (Å²) in [5.41, 5.74) is 9.99. The Morgan fingerprint density at radius 3 is 0.967 bits per heavy atom. The minimum absolute atomic E-state index is 0.101. The molecule has 1 aliphatic carbocycles. The van der Waals surface area contributed by atoms with Gasteiger partial charge in [-0.15, -0.1) is 0 Å². The molecule has 1 spiro atoms. The first-order valence-electron chi connectivity index (χ1n) is 30.7. The topological polar surface area (TPSA) is 105 Å². The van der Waals surface area contributed by atoms with E-state index in [1.807, 2.05) is 84.9 Å². The van der Waals surface area contributed by atoms with Crippen LogP contribution in [0.15, 0.2) is 255 Å². The zero-order valence-electron chi connectivity index (χ0n) is 49.2. The van der Waals surface area contributed by atoms with Crippen molar-refractivity contribution < 1.29 is 43.4 Å². The summed E-state index contributed by atoms with van der Waals surface area (Å²) in [4.78, 5) is 0. The third kappa shape index (κ3) is 9.15. The van der Waals surface area contributed by atoms with Gasteiger partial charge in [-0.1, -0.05) is 194 Å². The van der Waals surface area contributed by atoms with Gasteiger partial charge in [-0.3, -0.25) is 0 Å². The van der Waals surface area contributed by atoms with E-state index in [0.717, 1.165) is 110 Å². The van der Waals surface area contributed by atoms with Gasteiger partial charge in [0.05, 0.1) is 18.6 Å². The molecule has 0 bridgehead atoms. The molecule has 2 N–H and O–H groups in total. The molecule has 1 heterocycles. The molecule has 0 saturated carbocycles. The minimum Gasteiger partial charge on any atom is -0.491 e. The smallest absolute Gasteiger partial charge is 0.140 e. The van der Waals surface area contributed by atoms with Crippen LogP contribution in [0.1, 0.15) is 22.3 Å². The van der Waals surface area contributed by atoms with E-state index >= 15 is 0 Å². The second-order valence-electron chi connectivity index (χ2n) is 22.8. The Hall–Kier alpha value is -10.8. The standard InChI is InChI=1S/C81H60O9/c82-41-43-86-71-37-27-51-13-1-5-17-59(51)75(71)77-61-19-7-3-15-53(61)29-39-73(77)88-47-45-84-57-31-33-63-55(49-57)25-35-69-79(63)90-80-64-34-32-58(50-56(64)26-36-70(80)81(69)67-23-11-9-21-65(67)66-22-10-12-24-68(66)81)85-46-48-89-74-40-30-54-16-4-8-20-62(54)78(74)76-60-18-6-2-14-52(60)28-38-72(76)87-44-42-83/h1-40,49-50,82-83H,41-48H2. The van der Waals surface area contributed by atoms with Crippen molar-refractivity contribution in [2.24, 2.45) is 0 Å². The molecule has 14 aromatic rings. The summed E-state index contributed by atoms with van der Waals surface area (Å²) < 4.78 is 46.3. The highest BCUT2D eigenvalue weighted by Crippen LogP contribution is 2.64. The van der Waals surface area contributed by atoms with Crippen molar-refractivity contribution in [3.63, 3.8) is 0 Å². The van der Waals surface area contributed by atoms with E-state index < -0.39 is 5.41 Å². The Labute approximate surface area is 520 Å². The summed E-state index contributed by atoms with van der Waals surface area (Å²) in [6, 6.07) is 88.4. The molecule has 2 aliphatic rings. The van der Waals surface area contributed by atoms with Crippen molar-refractivity contribution in [2.75, 3.05) is 52.9 Å². The summed E-state index contributed by atoms with van der Waals surface area (Å²) in [6.45, 7) is 1.27. The molecule has 1 aliphatic heterocycles. The van der Waals surface area contributed by atoms with Gasteiger partial charge in [-0.05, 0) is 137 Å². The Morgan fingerprint density at radius 2 is 0.589 bits per heavy atom. The van der Waals surface area contributed by atoms with Crippen molar-refractivity contribution in [1.82, 2.24) is 0 Å². The number of aliphatic hydroxyl groups is 2. The molecule has 9 nitrogen and oxygen atoms in total. The average Bonchev–Trinajstić information content (AvgIpc) is 1.44. The number of ether oxygens (including phenoxy) is 7. The number of hydrogen-bond acceptors (Lipinski definition) is 9. The molecule has 0 radical (unpaired) electrons. The molecule has 0 unspecified atom stereocenters. The van der Waals surface area contributed by atoms with E-state index in [1.54, 1.807) is 0 Å². The predicted octanol–water partition coefficient (Wildman–Crippen LogP) is 18.1. The van der Waals surface area contributed by atoms with Gasteiger partial charge in [-0.2, -0.15) is 0 Å². The van der Waals surface area contributed by atoms with Crippen LogP contribution in [0.3, 0.4) is 0 Å². The van der Waals surface area contributed by atoms with Crippen molar-refractivity contribution in [3.8, 4) is 79.4 Å². The summed E-state index contributed by atoms with van der Waals surface area (Å²) in [5, 5.41) is 31.9. The van der Waals surface area contributed by atoms with Crippen LogP contribution in [0, 0.1) is 0 Å². The largest absolute Gasteiger partial charge is 0.491 e. The lowest BCUT2D eigenvalue weighted by atomic mass is 9.65. The fourth-order valence-corrected chi connectivity index (χ4v) is 14.1. The SMILES string of the molecule is OCCOc1ccc2ccccc2c1-c1c(OCCOc2ccc3c4c(ccc3c2)C2(c3ccccc3-c3ccccc32)c2ccc3cc(OCCOc5ccc6ccccc6c5-c5c(OCCO)ccc6ccccc56)ccc3c2O4)ccc2ccccc12. The van der Waals surface area contributed by atoms with Crippen molar-refractivity contribution in [2.45, 2.75) is 5.41 Å². The number of aliphatic hydroxyl groups excluding tert-OH is 2. The van der Waals surface area contributed by atoms with Crippen LogP contribution in [0.5, 0.6) is 46.0 Å². The highest BCUT2D eigenvalue weighted by molar-refractivity contribution is 6.11. The average molecular weight is 1180 g/mol. The first kappa shape index (κ1) is 54.5. The summed E-state index contributed by atoms with van der Waals surface area (Å²) in [6.07, 6.45) is 0. The quantitative estimate of drug-likeness (QED) is 0.0813. The Bertz CT molecular complexity index is 4810. The Morgan fingerprint density at radius 1 is 0.267 bits per heavy atom. The third-order valence-corrected chi connectivity index (χ3v) is 17.8. The van der Waals surface area contributed by atoms with Gasteiger partial charge in [0.15, 0.2) is 0 Å². The van der Waals surface area contributed by atoms with Crippen molar-refractivity contribution >= 4 is 64.6 Å². The molecule has 438 valence electrons. The van der Waals surface area contributed by atoms with Gasteiger partial charge in [0.25, 0.3) is 0 Å². The highest BCUT2D eigenvalue weighted by Gasteiger charge is 2.51. The van der Waals surface area contributed by atoms with E-state index in [-0.39, 0.29) is 52.9 Å². The maximum absolute atomic E-state index is 9.80. The first-order valence-corrected chi connectivity index (χ1v) is 30.7. The molecule has 90 heavy (non-hydrogen) atoms. The lowest BCUT2D eigenvalue weighted by Gasteiger charge is -2.40. The molecular formula is C81H60O9. The second-order valence-corrected chi connectivity index (χ2v) is 22.8. The van der Waals surface area contributed by atoms with Crippen molar-refractivity contribution in [3.05, 3.63) is 277 Å². The predicted molar refractivity (Wildman–Crippen MR) is 360 cm³/mol. The van der Waals surface area contributed by atoms with Crippen molar-refractivity contribution in [1.29, 1.82) is 0 Å². The van der Waals surface area contributed by atoms with Crippen LogP contribution in [-0.2, 0) is 5.41 Å². The maximum atomic E-state index is 9.80. The second kappa shape index (κ2) is 23.0. The molecule has 0 saturated heterocycles. The molecule has 0 fully saturated rings. The molecule has 9 heteroatoms. The minimum atomic E-state index is -0.684. The van der Waals surface area contributed by atoms with Crippen LogP contribution in [-0.4, -0.2) is 63.1 Å². The molecule has 14 aromatic carbocycles. The van der Waals surface area contributed by atoms with E-state index in [2.05, 4.69) is 170 Å². The van der Waals surface area contributed by atoms with Crippen LogP contribution in [0.4, 0.5) is 0 Å². The van der Waals surface area contributed by atoms with Gasteiger partial charge >= 0.3 is 0 Å². The van der Waals surface area contributed by atoms with Crippen LogP contribution in [0.2, 0.25) is 0 Å². The normalized spacial score (nSPS) is 12.6. The number of hydrogen-bond donors (Lipinski definition) is 2. The third-order valence-electron chi connectivity index (χ3n) is 17.8. The monoisotopic (exact) mass is 1180 g/mol. The fraction of sp³-hybridized carbons (Fsp3) is 0.111. The molecule has 0 atom stereocenters. The highest BCUT2D eigenvalue weighted by atomic mass is 16.5. The van der Waals surface area contributed by atoms with E-state index in [4.69, 9.17) is 33.2 Å². The molecule has 0 amide bonds. The van der Waals surface area contributed by atoms with Crippen LogP contribution < -0.4 is 33.2 Å². The van der Waals surface area contributed by atoms with E-state index in [0.29, 0.717) is 34.5 Å². The zero-order valence-corrected chi connectivity index (χ0v) is 49.2. The van der Waals surface area contributed by atoms with Gasteiger partial charge < -0.3 is 43.4 Å². The van der Waals surface area contributed by atoms with Gasteiger partial charge in [0, 0.05) is 44.2 Å². The lowest BCUT2D eigenvalue weighted by Crippen LogP contribution is -2.32. The Balaban J connectivity index is 0.701. The number of fused-ring (bicyclic) bond motifs is 17. The van der Waals surface area contributed by atoms with E-state index in [9.17, 15) is 10.2 Å². The maximum Gasteiger partial charge on any atom is 0.140 e. The lowest BCUT2D eigenvalue weighted by molar-refractivity contribution is 0.202. The summed E-state index contributed by atoms with van der Waals surface area (Å²) in [7, 11) is 0. The van der Waals surface area contributed by atoms with Crippen LogP contribution in [0.25, 0.3) is 98.0 Å².